The third-order valence-electron chi connectivity index (χ3n) is 10.0. The Balaban J connectivity index is 1.22. The fourth-order valence-electron chi connectivity index (χ4n) is 7.00. The molecule has 0 unspecified atom stereocenters. The SMILES string of the molecule is COC1(Cc2ccccc2)CCC(N2CCN(C(=NS(=O)(=O)c3ccc(N[C@H](CCN(C)C)CSc4ccccc4)c(N=O)c3)NC#N)CC2)CC1. The van der Waals surface area contributed by atoms with Crippen molar-refractivity contribution in [2.75, 3.05) is 65.0 Å². The summed E-state index contributed by atoms with van der Waals surface area (Å²) in [5, 5.41) is 18.6. The zero-order valence-corrected chi connectivity index (χ0v) is 31.9. The standard InChI is InChI=1S/C38H50N8O4S2/c1-44(2)21-18-31(28-51-33-12-8-5-9-13-33)41-35-15-14-34(26-36(35)42-47)52(48,49)43-37(40-29-39)46-24-22-45(23-25-46)32-16-19-38(50-3,20-17-32)27-30-10-6-4-7-11-30/h4-15,26,31-32,41H,16-25,27-28H2,1-3H3,(H,40,43)/t31-,32?,38?/m1/s1. The van der Waals surface area contributed by atoms with Crippen LogP contribution in [-0.4, -0.2) is 106 Å². The molecule has 278 valence electrons. The normalized spacial score (nSPS) is 20.6. The van der Waals surface area contributed by atoms with Gasteiger partial charge in [0.2, 0.25) is 5.96 Å². The van der Waals surface area contributed by atoms with E-state index in [9.17, 15) is 18.6 Å². The summed E-state index contributed by atoms with van der Waals surface area (Å²) in [5.74, 6) is 0.705. The maximum atomic E-state index is 13.6. The number of hydrogen-bond acceptors (Lipinski definition) is 10. The molecule has 1 saturated carbocycles. The number of piperazine rings is 1. The van der Waals surface area contributed by atoms with Gasteiger partial charge in [-0.25, -0.2) is 0 Å². The molecule has 0 bridgehead atoms. The summed E-state index contributed by atoms with van der Waals surface area (Å²) in [6.45, 7) is 3.28. The minimum Gasteiger partial charge on any atom is -0.380 e. The summed E-state index contributed by atoms with van der Waals surface area (Å²) >= 11 is 1.70. The van der Waals surface area contributed by atoms with Gasteiger partial charge in [0.25, 0.3) is 10.0 Å². The first-order valence-corrected chi connectivity index (χ1v) is 20.2. The molecular formula is C38H50N8O4S2. The number of hydrogen-bond donors (Lipinski definition) is 2. The molecule has 2 N–H and O–H groups in total. The molecular weight excluding hydrogens is 697 g/mol. The molecule has 5 rings (SSSR count). The minimum atomic E-state index is -4.28. The van der Waals surface area contributed by atoms with Crippen LogP contribution in [0.2, 0.25) is 0 Å². The highest BCUT2D eigenvalue weighted by molar-refractivity contribution is 7.99. The van der Waals surface area contributed by atoms with Gasteiger partial charge in [0.15, 0.2) is 6.19 Å². The monoisotopic (exact) mass is 746 g/mol. The summed E-state index contributed by atoms with van der Waals surface area (Å²) in [6.07, 6.45) is 7.53. The van der Waals surface area contributed by atoms with Crippen molar-refractivity contribution in [2.24, 2.45) is 9.57 Å². The molecule has 1 aliphatic carbocycles. The molecule has 0 amide bonds. The van der Waals surface area contributed by atoms with Gasteiger partial charge in [-0.2, -0.15) is 13.7 Å². The molecule has 1 heterocycles. The van der Waals surface area contributed by atoms with Crippen molar-refractivity contribution in [2.45, 2.75) is 66.0 Å². The van der Waals surface area contributed by atoms with Crippen LogP contribution in [-0.2, 0) is 21.2 Å². The van der Waals surface area contributed by atoms with Crippen LogP contribution >= 0.6 is 11.8 Å². The molecule has 1 saturated heterocycles. The predicted octanol–water partition coefficient (Wildman–Crippen LogP) is 5.91. The van der Waals surface area contributed by atoms with E-state index in [1.807, 2.05) is 51.7 Å². The zero-order chi connectivity index (χ0) is 37.0. The number of sulfonamides is 1. The molecule has 1 atom stereocenters. The van der Waals surface area contributed by atoms with Gasteiger partial charge in [-0.3, -0.25) is 10.2 Å². The lowest BCUT2D eigenvalue weighted by atomic mass is 9.77. The summed E-state index contributed by atoms with van der Waals surface area (Å²) in [5.41, 5.74) is 1.56. The average Bonchev–Trinajstić information content (AvgIpc) is 3.17. The molecule has 0 aromatic heterocycles. The lowest BCUT2D eigenvalue weighted by Gasteiger charge is -2.45. The van der Waals surface area contributed by atoms with E-state index in [0.29, 0.717) is 37.9 Å². The number of anilines is 1. The summed E-state index contributed by atoms with van der Waals surface area (Å²) < 4.78 is 37.3. The molecule has 0 spiro atoms. The topological polar surface area (TPSA) is 143 Å². The number of guanidine groups is 1. The van der Waals surface area contributed by atoms with E-state index in [2.05, 4.69) is 66.4 Å². The van der Waals surface area contributed by atoms with Crippen molar-refractivity contribution in [3.8, 4) is 6.19 Å². The first kappa shape index (κ1) is 39.2. The fourth-order valence-corrected chi connectivity index (χ4v) is 8.99. The van der Waals surface area contributed by atoms with E-state index in [1.54, 1.807) is 22.7 Å². The van der Waals surface area contributed by atoms with Gasteiger partial charge in [0.05, 0.1) is 16.2 Å². The number of methoxy groups -OCH3 is 1. The van der Waals surface area contributed by atoms with Gasteiger partial charge < -0.3 is 19.9 Å². The Morgan fingerprint density at radius 2 is 1.71 bits per heavy atom. The van der Waals surface area contributed by atoms with Crippen molar-refractivity contribution in [1.29, 1.82) is 5.26 Å². The quantitative estimate of drug-likeness (QED) is 0.0479. The van der Waals surface area contributed by atoms with Crippen molar-refractivity contribution in [3.05, 3.63) is 89.3 Å². The summed E-state index contributed by atoms with van der Waals surface area (Å²) in [7, 11) is 1.54. The molecule has 3 aromatic carbocycles. The minimum absolute atomic E-state index is 0.0101. The maximum absolute atomic E-state index is 13.6. The van der Waals surface area contributed by atoms with E-state index in [4.69, 9.17) is 4.74 Å². The highest BCUT2D eigenvalue weighted by Crippen LogP contribution is 2.37. The highest BCUT2D eigenvalue weighted by Gasteiger charge is 2.38. The van der Waals surface area contributed by atoms with Crippen molar-refractivity contribution in [1.82, 2.24) is 20.0 Å². The number of nitrogens with zero attached hydrogens (tertiary/aromatic N) is 6. The Morgan fingerprint density at radius 1 is 1.04 bits per heavy atom. The third kappa shape index (κ3) is 10.8. The van der Waals surface area contributed by atoms with Crippen molar-refractivity contribution < 1.29 is 13.2 Å². The number of rotatable bonds is 15. The van der Waals surface area contributed by atoms with Gasteiger partial charge in [-0.05, 0) is 93.8 Å². The fraction of sp³-hybridized carbons (Fsp3) is 0.474. The van der Waals surface area contributed by atoms with Gasteiger partial charge >= 0.3 is 0 Å². The van der Waals surface area contributed by atoms with E-state index >= 15 is 0 Å². The highest BCUT2D eigenvalue weighted by atomic mass is 32.2. The zero-order valence-electron chi connectivity index (χ0n) is 30.3. The average molecular weight is 747 g/mol. The maximum Gasteiger partial charge on any atom is 0.285 e. The Kier molecular flexibility index (Phi) is 14.1. The van der Waals surface area contributed by atoms with Crippen LogP contribution < -0.4 is 10.6 Å². The second-order valence-electron chi connectivity index (χ2n) is 13.8. The van der Waals surface area contributed by atoms with Crippen molar-refractivity contribution >= 4 is 39.1 Å². The Bertz CT molecular complexity index is 1770. The van der Waals surface area contributed by atoms with Gasteiger partial charge in [0.1, 0.15) is 5.69 Å². The Morgan fingerprint density at radius 3 is 2.33 bits per heavy atom. The first-order chi connectivity index (χ1) is 25.1. The van der Waals surface area contributed by atoms with E-state index in [-0.39, 0.29) is 28.2 Å². The number of thioether (sulfide) groups is 1. The van der Waals surface area contributed by atoms with Crippen LogP contribution in [0, 0.1) is 16.4 Å². The van der Waals surface area contributed by atoms with Gasteiger partial charge in [0, 0.05) is 62.4 Å². The van der Waals surface area contributed by atoms with Crippen LogP contribution in [0.25, 0.3) is 0 Å². The molecule has 52 heavy (non-hydrogen) atoms. The second kappa shape index (κ2) is 18.7. The molecule has 0 radical (unpaired) electrons. The van der Waals surface area contributed by atoms with E-state index < -0.39 is 10.0 Å². The van der Waals surface area contributed by atoms with Crippen LogP contribution in [0.1, 0.15) is 37.7 Å². The first-order valence-electron chi connectivity index (χ1n) is 17.8. The molecule has 2 fully saturated rings. The Labute approximate surface area is 312 Å². The van der Waals surface area contributed by atoms with Crippen LogP contribution in [0.4, 0.5) is 11.4 Å². The largest absolute Gasteiger partial charge is 0.380 e. The Hall–Kier alpha value is -4.00. The number of nitroso groups, excluding NO2 is 1. The van der Waals surface area contributed by atoms with Crippen molar-refractivity contribution in [3.63, 3.8) is 0 Å². The van der Waals surface area contributed by atoms with Crippen LogP contribution in [0.15, 0.2) is 98.2 Å². The number of nitriles is 1. The molecule has 1 aliphatic heterocycles. The summed E-state index contributed by atoms with van der Waals surface area (Å²) in [4.78, 5) is 19.3. The third-order valence-corrected chi connectivity index (χ3v) is 12.5. The van der Waals surface area contributed by atoms with Gasteiger partial charge in [-0.15, -0.1) is 21.1 Å². The predicted molar refractivity (Wildman–Crippen MR) is 208 cm³/mol. The molecule has 12 nitrogen and oxygen atoms in total. The van der Waals surface area contributed by atoms with Crippen LogP contribution in [0.3, 0.4) is 0 Å². The molecule has 3 aromatic rings. The smallest absolute Gasteiger partial charge is 0.285 e. The molecule has 2 aliphatic rings. The number of nitrogens with one attached hydrogen (secondary N) is 2. The summed E-state index contributed by atoms with van der Waals surface area (Å²) in [6, 6.07) is 25.2. The van der Waals surface area contributed by atoms with E-state index in [1.165, 1.54) is 17.7 Å². The lowest BCUT2D eigenvalue weighted by Crippen LogP contribution is -2.55. The van der Waals surface area contributed by atoms with Crippen LogP contribution in [0.5, 0.6) is 0 Å². The number of benzene rings is 3. The van der Waals surface area contributed by atoms with Gasteiger partial charge in [-0.1, -0.05) is 48.5 Å². The lowest BCUT2D eigenvalue weighted by molar-refractivity contribution is -0.0576. The second-order valence-corrected chi connectivity index (χ2v) is 16.5. The number of ether oxygens (including phenoxy) is 1. The molecule has 14 heteroatoms. The van der Waals surface area contributed by atoms with E-state index in [0.717, 1.165) is 55.7 Å².